The molecular weight excluding hydrogens is 320 g/mol. The molecule has 2 bridgehead atoms. The highest BCUT2D eigenvalue weighted by Gasteiger charge is 2.44. The highest BCUT2D eigenvalue weighted by Crippen LogP contribution is 2.32. The standard InChI is InChI=1S/C18H18N4OS/c1-21-8-14-7-13(21)9-22(14)18(23)17-15-3-2-11(6-16(15)19-20-17)12-4-5-24-10-12/h2-6,10,13-14H,7-9H2,1H3,(H,19,20)/t13-,14-/m0/s1. The number of hydrogen-bond donors (Lipinski definition) is 1. The second kappa shape index (κ2) is 5.16. The molecule has 0 unspecified atom stereocenters. The van der Waals surface area contributed by atoms with Crippen molar-refractivity contribution in [3.63, 3.8) is 0 Å². The number of nitrogens with one attached hydrogen (secondary N) is 1. The first-order valence-corrected chi connectivity index (χ1v) is 9.17. The van der Waals surface area contributed by atoms with E-state index >= 15 is 0 Å². The van der Waals surface area contributed by atoms with Crippen LogP contribution in [0.15, 0.2) is 35.0 Å². The predicted molar refractivity (Wildman–Crippen MR) is 95.3 cm³/mol. The molecule has 6 heteroatoms. The quantitative estimate of drug-likeness (QED) is 0.782. The molecule has 0 saturated carbocycles. The Labute approximate surface area is 143 Å². The van der Waals surface area contributed by atoms with Crippen molar-refractivity contribution >= 4 is 28.1 Å². The first kappa shape index (κ1) is 14.2. The van der Waals surface area contributed by atoms with Gasteiger partial charge in [-0.15, -0.1) is 0 Å². The normalized spacial score (nSPS) is 23.5. The van der Waals surface area contributed by atoms with Gasteiger partial charge >= 0.3 is 0 Å². The third-order valence-electron chi connectivity index (χ3n) is 5.40. The maximum Gasteiger partial charge on any atom is 0.275 e. The molecule has 0 aliphatic carbocycles. The third-order valence-corrected chi connectivity index (χ3v) is 6.08. The number of carbonyl (C=O) groups is 1. The number of hydrogen-bond acceptors (Lipinski definition) is 4. The smallest absolute Gasteiger partial charge is 0.275 e. The largest absolute Gasteiger partial charge is 0.331 e. The van der Waals surface area contributed by atoms with Gasteiger partial charge in [-0.25, -0.2) is 0 Å². The average Bonchev–Trinajstić information content (AvgIpc) is 3.35. The van der Waals surface area contributed by atoms with Crippen molar-refractivity contribution in [2.75, 3.05) is 20.1 Å². The zero-order valence-corrected chi connectivity index (χ0v) is 14.2. The van der Waals surface area contributed by atoms with Crippen molar-refractivity contribution in [3.05, 3.63) is 40.7 Å². The zero-order valence-electron chi connectivity index (χ0n) is 13.4. The minimum Gasteiger partial charge on any atom is -0.331 e. The summed E-state index contributed by atoms with van der Waals surface area (Å²) in [6, 6.07) is 9.11. The Morgan fingerprint density at radius 1 is 1.25 bits per heavy atom. The zero-order chi connectivity index (χ0) is 16.3. The Kier molecular flexibility index (Phi) is 3.05. The van der Waals surface area contributed by atoms with Gasteiger partial charge < -0.3 is 4.90 Å². The molecular formula is C18H18N4OS. The Morgan fingerprint density at radius 2 is 2.17 bits per heavy atom. The van der Waals surface area contributed by atoms with Crippen molar-refractivity contribution in [3.8, 4) is 11.1 Å². The Hall–Kier alpha value is -2.18. The van der Waals surface area contributed by atoms with Crippen molar-refractivity contribution in [1.29, 1.82) is 0 Å². The lowest BCUT2D eigenvalue weighted by atomic mass is 10.1. The molecule has 122 valence electrons. The van der Waals surface area contributed by atoms with Crippen LogP contribution in [0.5, 0.6) is 0 Å². The van der Waals surface area contributed by atoms with E-state index in [1.54, 1.807) is 11.3 Å². The fourth-order valence-electron chi connectivity index (χ4n) is 4.04. The number of thiophene rings is 1. The van der Waals surface area contributed by atoms with E-state index in [1.165, 1.54) is 5.56 Å². The summed E-state index contributed by atoms with van der Waals surface area (Å²) in [5.41, 5.74) is 3.82. The molecule has 0 radical (unpaired) electrons. The van der Waals surface area contributed by atoms with Gasteiger partial charge in [-0.1, -0.05) is 6.07 Å². The summed E-state index contributed by atoms with van der Waals surface area (Å²) in [5.74, 6) is 0.0603. The van der Waals surface area contributed by atoms with E-state index in [9.17, 15) is 4.79 Å². The van der Waals surface area contributed by atoms with E-state index in [-0.39, 0.29) is 5.91 Å². The van der Waals surface area contributed by atoms with Crippen LogP contribution in [0.1, 0.15) is 16.9 Å². The van der Waals surface area contributed by atoms with Crippen LogP contribution in [0.2, 0.25) is 0 Å². The number of likely N-dealkylation sites (tertiary alicyclic amines) is 2. The molecule has 2 aliphatic rings. The maximum absolute atomic E-state index is 13.0. The van der Waals surface area contributed by atoms with Crippen LogP contribution in [0.3, 0.4) is 0 Å². The van der Waals surface area contributed by atoms with Crippen LogP contribution >= 0.6 is 11.3 Å². The van der Waals surface area contributed by atoms with Crippen LogP contribution in [0, 0.1) is 0 Å². The SMILES string of the molecule is CN1C[C@@H]2C[C@H]1CN2C(=O)c1n[nH]c2cc(-c3ccsc3)ccc12. The number of aromatic nitrogens is 2. The topological polar surface area (TPSA) is 52.2 Å². The monoisotopic (exact) mass is 338 g/mol. The minimum atomic E-state index is 0.0603. The van der Waals surface area contributed by atoms with Gasteiger partial charge in [-0.05, 0) is 53.6 Å². The van der Waals surface area contributed by atoms with Gasteiger partial charge in [0, 0.05) is 30.6 Å². The molecule has 1 N–H and O–H groups in total. The Bertz CT molecular complexity index is 914. The second-order valence-corrected chi connectivity index (χ2v) is 7.57. The summed E-state index contributed by atoms with van der Waals surface area (Å²) in [6.07, 6.45) is 1.09. The Balaban J connectivity index is 1.48. The van der Waals surface area contributed by atoms with E-state index in [0.717, 1.165) is 36.0 Å². The maximum atomic E-state index is 13.0. The summed E-state index contributed by atoms with van der Waals surface area (Å²) in [6.45, 7) is 1.79. The first-order valence-electron chi connectivity index (χ1n) is 8.22. The fourth-order valence-corrected chi connectivity index (χ4v) is 4.71. The van der Waals surface area contributed by atoms with E-state index in [0.29, 0.717) is 17.8 Å². The number of H-pyrrole nitrogens is 1. The average molecular weight is 338 g/mol. The number of benzene rings is 1. The first-order chi connectivity index (χ1) is 11.7. The summed E-state index contributed by atoms with van der Waals surface area (Å²) >= 11 is 1.68. The van der Waals surface area contributed by atoms with Gasteiger partial charge in [0.1, 0.15) is 0 Å². The van der Waals surface area contributed by atoms with Gasteiger partial charge in [0.05, 0.1) is 5.52 Å². The van der Waals surface area contributed by atoms with Crippen LogP contribution in [0.25, 0.3) is 22.0 Å². The lowest BCUT2D eigenvalue weighted by Gasteiger charge is -2.31. The van der Waals surface area contributed by atoms with Crippen LogP contribution in [-0.4, -0.2) is 58.1 Å². The lowest BCUT2D eigenvalue weighted by Crippen LogP contribution is -2.47. The molecule has 2 fully saturated rings. The molecule has 5 nitrogen and oxygen atoms in total. The molecule has 2 atom stereocenters. The van der Waals surface area contributed by atoms with E-state index < -0.39 is 0 Å². The van der Waals surface area contributed by atoms with Crippen LogP contribution in [-0.2, 0) is 0 Å². The van der Waals surface area contributed by atoms with E-state index in [4.69, 9.17) is 0 Å². The van der Waals surface area contributed by atoms with E-state index in [2.05, 4.69) is 51.1 Å². The summed E-state index contributed by atoms with van der Waals surface area (Å²) in [4.78, 5) is 17.3. The molecule has 2 saturated heterocycles. The number of fused-ring (bicyclic) bond motifs is 3. The molecule has 1 amide bonds. The van der Waals surface area contributed by atoms with Crippen molar-refractivity contribution in [2.24, 2.45) is 0 Å². The van der Waals surface area contributed by atoms with Gasteiger partial charge in [0.25, 0.3) is 5.91 Å². The van der Waals surface area contributed by atoms with Gasteiger partial charge in [0.2, 0.25) is 0 Å². The number of likely N-dealkylation sites (N-methyl/N-ethyl adjacent to an activating group) is 1. The number of nitrogens with zero attached hydrogens (tertiary/aromatic N) is 3. The van der Waals surface area contributed by atoms with Crippen molar-refractivity contribution in [1.82, 2.24) is 20.0 Å². The Morgan fingerprint density at radius 3 is 2.88 bits per heavy atom. The molecule has 5 rings (SSSR count). The summed E-state index contributed by atoms with van der Waals surface area (Å²) in [5, 5.41) is 12.5. The molecule has 2 aromatic heterocycles. The summed E-state index contributed by atoms with van der Waals surface area (Å²) in [7, 11) is 2.14. The fraction of sp³-hybridized carbons (Fsp3) is 0.333. The predicted octanol–water partition coefficient (Wildman–Crippen LogP) is 2.82. The minimum absolute atomic E-state index is 0.0603. The second-order valence-electron chi connectivity index (χ2n) is 6.79. The lowest BCUT2D eigenvalue weighted by molar-refractivity contribution is 0.0646. The van der Waals surface area contributed by atoms with Gasteiger partial charge in [-0.2, -0.15) is 16.4 Å². The van der Waals surface area contributed by atoms with Gasteiger partial charge in [0.15, 0.2) is 5.69 Å². The molecule has 1 aromatic carbocycles. The molecule has 4 heterocycles. The molecule has 3 aromatic rings. The van der Waals surface area contributed by atoms with Crippen LogP contribution in [0.4, 0.5) is 0 Å². The number of amides is 1. The van der Waals surface area contributed by atoms with Crippen molar-refractivity contribution in [2.45, 2.75) is 18.5 Å². The van der Waals surface area contributed by atoms with Crippen LogP contribution < -0.4 is 0 Å². The highest BCUT2D eigenvalue weighted by atomic mass is 32.1. The number of carbonyl (C=O) groups excluding carboxylic acids is 1. The summed E-state index contributed by atoms with van der Waals surface area (Å²) < 4.78 is 0. The molecule has 24 heavy (non-hydrogen) atoms. The molecule has 0 spiro atoms. The highest BCUT2D eigenvalue weighted by molar-refractivity contribution is 7.08. The van der Waals surface area contributed by atoms with Crippen molar-refractivity contribution < 1.29 is 4.79 Å². The number of rotatable bonds is 2. The number of piperazine rings is 1. The van der Waals surface area contributed by atoms with E-state index in [1.807, 2.05) is 11.0 Å². The van der Waals surface area contributed by atoms with Gasteiger partial charge in [-0.3, -0.25) is 14.8 Å². The third kappa shape index (κ3) is 2.03. The molecule has 2 aliphatic heterocycles. The number of aromatic amines is 1.